The van der Waals surface area contributed by atoms with E-state index in [9.17, 15) is 18.0 Å². The van der Waals surface area contributed by atoms with Gasteiger partial charge in [-0.1, -0.05) is 18.2 Å². The SMILES string of the molecule is O=C(c1cccc(OC(F)(F)F)c1)c1ccccn1. The van der Waals surface area contributed by atoms with Crippen LogP contribution in [-0.4, -0.2) is 17.1 Å². The predicted molar refractivity (Wildman–Crippen MR) is 60.8 cm³/mol. The molecular weight excluding hydrogens is 259 g/mol. The highest BCUT2D eigenvalue weighted by Gasteiger charge is 2.31. The van der Waals surface area contributed by atoms with Gasteiger partial charge in [-0.3, -0.25) is 9.78 Å². The summed E-state index contributed by atoms with van der Waals surface area (Å²) in [5.41, 5.74) is 0.243. The third kappa shape index (κ3) is 3.54. The van der Waals surface area contributed by atoms with Crippen LogP contribution in [0.15, 0.2) is 48.7 Å². The van der Waals surface area contributed by atoms with Gasteiger partial charge in [0.25, 0.3) is 0 Å². The summed E-state index contributed by atoms with van der Waals surface area (Å²) in [6.07, 6.45) is -3.35. The van der Waals surface area contributed by atoms with Crippen molar-refractivity contribution in [2.75, 3.05) is 0 Å². The van der Waals surface area contributed by atoms with Crippen LogP contribution < -0.4 is 4.74 Å². The van der Waals surface area contributed by atoms with Crippen LogP contribution in [0.5, 0.6) is 5.75 Å². The van der Waals surface area contributed by atoms with Crippen molar-refractivity contribution in [3.8, 4) is 5.75 Å². The van der Waals surface area contributed by atoms with Crippen LogP contribution in [0.4, 0.5) is 13.2 Å². The maximum Gasteiger partial charge on any atom is 0.573 e. The lowest BCUT2D eigenvalue weighted by Gasteiger charge is -2.09. The molecule has 2 aromatic rings. The van der Waals surface area contributed by atoms with Crippen molar-refractivity contribution in [3.05, 3.63) is 59.9 Å². The van der Waals surface area contributed by atoms with Gasteiger partial charge in [0, 0.05) is 11.8 Å². The zero-order valence-corrected chi connectivity index (χ0v) is 9.52. The first-order chi connectivity index (χ1) is 8.96. The number of rotatable bonds is 3. The first-order valence-electron chi connectivity index (χ1n) is 5.27. The van der Waals surface area contributed by atoms with Crippen molar-refractivity contribution in [3.63, 3.8) is 0 Å². The van der Waals surface area contributed by atoms with Crippen molar-refractivity contribution in [1.82, 2.24) is 4.98 Å². The van der Waals surface area contributed by atoms with Gasteiger partial charge in [-0.2, -0.15) is 0 Å². The summed E-state index contributed by atoms with van der Waals surface area (Å²) in [4.78, 5) is 15.8. The second-order valence-electron chi connectivity index (χ2n) is 3.62. The second kappa shape index (κ2) is 5.09. The molecule has 6 heteroatoms. The molecule has 0 saturated carbocycles. The summed E-state index contributed by atoms with van der Waals surface area (Å²) in [5.74, 6) is -0.900. The number of carbonyl (C=O) groups excluding carboxylic acids is 1. The Kier molecular flexibility index (Phi) is 3.50. The van der Waals surface area contributed by atoms with Gasteiger partial charge < -0.3 is 4.74 Å². The van der Waals surface area contributed by atoms with E-state index in [2.05, 4.69) is 9.72 Å². The molecule has 0 atom stereocenters. The molecule has 0 aliphatic heterocycles. The second-order valence-corrected chi connectivity index (χ2v) is 3.62. The number of ketones is 1. The summed E-state index contributed by atoms with van der Waals surface area (Å²) in [7, 11) is 0. The Balaban J connectivity index is 2.27. The van der Waals surface area contributed by atoms with Crippen LogP contribution in [0, 0.1) is 0 Å². The minimum Gasteiger partial charge on any atom is -0.406 e. The first-order valence-corrected chi connectivity index (χ1v) is 5.27. The summed E-state index contributed by atoms with van der Waals surface area (Å²) in [5, 5.41) is 0. The smallest absolute Gasteiger partial charge is 0.406 e. The molecule has 0 unspecified atom stereocenters. The van der Waals surface area contributed by atoms with Gasteiger partial charge in [-0.15, -0.1) is 13.2 Å². The molecule has 0 bridgehead atoms. The number of ether oxygens (including phenoxy) is 1. The fraction of sp³-hybridized carbons (Fsp3) is 0.0769. The van der Waals surface area contributed by atoms with Crippen LogP contribution in [0.25, 0.3) is 0 Å². The van der Waals surface area contributed by atoms with Gasteiger partial charge in [-0.25, -0.2) is 0 Å². The topological polar surface area (TPSA) is 39.2 Å². The third-order valence-corrected chi connectivity index (χ3v) is 2.23. The summed E-state index contributed by atoms with van der Waals surface area (Å²) in [6.45, 7) is 0. The van der Waals surface area contributed by atoms with Gasteiger partial charge in [-0.05, 0) is 24.3 Å². The summed E-state index contributed by atoms with van der Waals surface area (Å²) >= 11 is 0. The minimum atomic E-state index is -4.79. The molecule has 0 spiro atoms. The van der Waals surface area contributed by atoms with E-state index < -0.39 is 17.9 Å². The Labute approximate surface area is 106 Å². The van der Waals surface area contributed by atoms with Crippen LogP contribution in [0.2, 0.25) is 0 Å². The van der Waals surface area contributed by atoms with E-state index in [1.54, 1.807) is 12.1 Å². The van der Waals surface area contributed by atoms with Crippen molar-refractivity contribution in [2.24, 2.45) is 0 Å². The first kappa shape index (κ1) is 13.1. The molecule has 0 radical (unpaired) electrons. The molecule has 0 aliphatic rings. The summed E-state index contributed by atoms with van der Waals surface area (Å²) in [6, 6.07) is 9.63. The largest absolute Gasteiger partial charge is 0.573 e. The van der Waals surface area contributed by atoms with Crippen LogP contribution in [0.3, 0.4) is 0 Å². The van der Waals surface area contributed by atoms with E-state index >= 15 is 0 Å². The number of carbonyl (C=O) groups is 1. The van der Waals surface area contributed by atoms with E-state index in [1.807, 2.05) is 0 Å². The minimum absolute atomic E-state index is 0.0837. The zero-order chi connectivity index (χ0) is 13.9. The fourth-order valence-electron chi connectivity index (χ4n) is 1.48. The number of pyridine rings is 1. The molecule has 3 nitrogen and oxygen atoms in total. The number of halogens is 3. The molecular formula is C13H8F3NO2. The molecule has 2 rings (SSSR count). The lowest BCUT2D eigenvalue weighted by Crippen LogP contribution is -2.17. The number of aromatic nitrogens is 1. The Morgan fingerprint density at radius 3 is 2.53 bits per heavy atom. The maximum atomic E-state index is 12.1. The van der Waals surface area contributed by atoms with Crippen molar-refractivity contribution in [2.45, 2.75) is 6.36 Å². The van der Waals surface area contributed by atoms with Gasteiger partial charge >= 0.3 is 6.36 Å². The van der Waals surface area contributed by atoms with Crippen LogP contribution in [-0.2, 0) is 0 Å². The number of alkyl halides is 3. The highest BCUT2D eigenvalue weighted by molar-refractivity contribution is 6.07. The number of nitrogens with zero attached hydrogens (tertiary/aromatic N) is 1. The molecule has 19 heavy (non-hydrogen) atoms. The fourth-order valence-corrected chi connectivity index (χ4v) is 1.48. The molecule has 1 heterocycles. The Morgan fingerprint density at radius 1 is 1.11 bits per heavy atom. The highest BCUT2D eigenvalue weighted by Crippen LogP contribution is 2.24. The quantitative estimate of drug-likeness (QED) is 0.801. The lowest BCUT2D eigenvalue weighted by molar-refractivity contribution is -0.274. The van der Waals surface area contributed by atoms with Gasteiger partial charge in [0.1, 0.15) is 11.4 Å². The number of hydrogen-bond donors (Lipinski definition) is 0. The van der Waals surface area contributed by atoms with Crippen molar-refractivity contribution >= 4 is 5.78 Å². The molecule has 98 valence electrons. The van der Waals surface area contributed by atoms with E-state index in [0.717, 1.165) is 12.1 Å². The van der Waals surface area contributed by atoms with E-state index in [0.29, 0.717) is 0 Å². The van der Waals surface area contributed by atoms with E-state index in [-0.39, 0.29) is 11.3 Å². The molecule has 0 aliphatic carbocycles. The van der Waals surface area contributed by atoms with Gasteiger partial charge in [0.05, 0.1) is 0 Å². The zero-order valence-electron chi connectivity index (χ0n) is 9.52. The Morgan fingerprint density at radius 2 is 1.89 bits per heavy atom. The molecule has 0 N–H and O–H groups in total. The van der Waals surface area contributed by atoms with E-state index in [4.69, 9.17) is 0 Å². The average Bonchev–Trinajstić information content (AvgIpc) is 2.37. The molecule has 0 saturated heterocycles. The van der Waals surface area contributed by atoms with E-state index in [1.165, 1.54) is 24.4 Å². The molecule has 0 amide bonds. The normalized spacial score (nSPS) is 11.1. The number of hydrogen-bond acceptors (Lipinski definition) is 3. The van der Waals surface area contributed by atoms with Crippen molar-refractivity contribution in [1.29, 1.82) is 0 Å². The Hall–Kier alpha value is -2.37. The van der Waals surface area contributed by atoms with Crippen LogP contribution >= 0.6 is 0 Å². The van der Waals surface area contributed by atoms with Crippen molar-refractivity contribution < 1.29 is 22.7 Å². The number of benzene rings is 1. The lowest BCUT2D eigenvalue weighted by atomic mass is 10.1. The molecule has 0 fully saturated rings. The summed E-state index contributed by atoms with van der Waals surface area (Å²) < 4.78 is 40.0. The van der Waals surface area contributed by atoms with Gasteiger partial charge in [0.15, 0.2) is 0 Å². The standard InChI is InChI=1S/C13H8F3NO2/c14-13(15,16)19-10-5-3-4-9(8-10)12(18)11-6-1-2-7-17-11/h1-8H. The molecule has 1 aromatic carbocycles. The predicted octanol–water partition coefficient (Wildman–Crippen LogP) is 3.21. The monoisotopic (exact) mass is 267 g/mol. The van der Waals surface area contributed by atoms with Crippen LogP contribution in [0.1, 0.15) is 16.1 Å². The highest BCUT2D eigenvalue weighted by atomic mass is 19.4. The Bertz CT molecular complexity index is 582. The molecule has 1 aromatic heterocycles. The van der Waals surface area contributed by atoms with Gasteiger partial charge in [0.2, 0.25) is 5.78 Å². The third-order valence-electron chi connectivity index (χ3n) is 2.23. The average molecular weight is 267 g/mol. The maximum absolute atomic E-state index is 12.1.